The van der Waals surface area contributed by atoms with E-state index in [1.807, 2.05) is 0 Å². The standard InChI is InChI=1S/C23H38N4O2.HI/c1-5-7-10-27-11-8-20(9-12-27)26-23(24-6-2)25-16-19-15-22-18(13-17(3)29-22)14-21(19)28-4;/h14-15,17,20H,5-13,16H2,1-4H3,(H2,24,25,26);1H. The summed E-state index contributed by atoms with van der Waals surface area (Å²) in [5, 5.41) is 7.04. The van der Waals surface area contributed by atoms with E-state index in [4.69, 9.17) is 14.5 Å². The van der Waals surface area contributed by atoms with Gasteiger partial charge in [0.25, 0.3) is 0 Å². The van der Waals surface area contributed by atoms with Crippen molar-refractivity contribution in [2.45, 2.75) is 71.6 Å². The Bertz CT molecular complexity index is 690. The molecule has 3 rings (SSSR count). The van der Waals surface area contributed by atoms with Crippen LogP contribution < -0.4 is 20.1 Å². The van der Waals surface area contributed by atoms with Crippen molar-refractivity contribution >= 4 is 29.9 Å². The van der Waals surface area contributed by atoms with E-state index in [9.17, 15) is 0 Å². The molecule has 0 aliphatic carbocycles. The number of methoxy groups -OCH3 is 1. The first kappa shape index (κ1) is 25.0. The van der Waals surface area contributed by atoms with Crippen LogP contribution in [0, 0.1) is 0 Å². The third-order valence-electron chi connectivity index (χ3n) is 5.81. The Balaban J connectivity index is 0.00000320. The Morgan fingerprint density at radius 2 is 2.03 bits per heavy atom. The minimum absolute atomic E-state index is 0. The summed E-state index contributed by atoms with van der Waals surface area (Å²) in [5.41, 5.74) is 2.29. The summed E-state index contributed by atoms with van der Waals surface area (Å²) in [6.07, 6.45) is 6.08. The zero-order chi connectivity index (χ0) is 20.6. The predicted octanol–water partition coefficient (Wildman–Crippen LogP) is 3.96. The van der Waals surface area contributed by atoms with Crippen molar-refractivity contribution in [3.05, 3.63) is 23.3 Å². The van der Waals surface area contributed by atoms with Gasteiger partial charge in [0.2, 0.25) is 0 Å². The number of benzene rings is 1. The van der Waals surface area contributed by atoms with E-state index in [1.165, 1.54) is 50.9 Å². The number of hydrogen-bond acceptors (Lipinski definition) is 4. The quantitative estimate of drug-likeness (QED) is 0.303. The second kappa shape index (κ2) is 12.6. The number of guanidine groups is 1. The van der Waals surface area contributed by atoms with E-state index in [0.29, 0.717) is 12.6 Å². The van der Waals surface area contributed by atoms with Crippen molar-refractivity contribution in [3.8, 4) is 11.5 Å². The van der Waals surface area contributed by atoms with E-state index >= 15 is 0 Å². The molecule has 1 atom stereocenters. The first-order valence-electron chi connectivity index (χ1n) is 11.3. The Kier molecular flexibility index (Phi) is 10.5. The van der Waals surface area contributed by atoms with Crippen LogP contribution in [0.3, 0.4) is 0 Å². The molecule has 2 aliphatic heterocycles. The number of likely N-dealkylation sites (tertiary alicyclic amines) is 1. The van der Waals surface area contributed by atoms with Gasteiger partial charge in [0.15, 0.2) is 5.96 Å². The van der Waals surface area contributed by atoms with Gasteiger partial charge in [-0.05, 0) is 51.8 Å². The summed E-state index contributed by atoms with van der Waals surface area (Å²) in [4.78, 5) is 7.43. The largest absolute Gasteiger partial charge is 0.496 e. The number of piperidine rings is 1. The summed E-state index contributed by atoms with van der Waals surface area (Å²) < 4.78 is 11.5. The second-order valence-electron chi connectivity index (χ2n) is 8.21. The third kappa shape index (κ3) is 6.90. The van der Waals surface area contributed by atoms with Crippen LogP contribution in [0.5, 0.6) is 11.5 Å². The van der Waals surface area contributed by atoms with Crippen molar-refractivity contribution in [2.75, 3.05) is 33.3 Å². The maximum Gasteiger partial charge on any atom is 0.191 e. The molecule has 170 valence electrons. The van der Waals surface area contributed by atoms with Gasteiger partial charge in [0, 0.05) is 43.2 Å². The highest BCUT2D eigenvalue weighted by Gasteiger charge is 2.22. The molecule has 7 heteroatoms. The van der Waals surface area contributed by atoms with E-state index in [-0.39, 0.29) is 30.1 Å². The molecule has 1 unspecified atom stereocenters. The average Bonchev–Trinajstić information content (AvgIpc) is 3.09. The highest BCUT2D eigenvalue weighted by Crippen LogP contribution is 2.35. The highest BCUT2D eigenvalue weighted by atomic mass is 127. The molecular weight excluding hydrogens is 491 g/mol. The molecule has 0 spiro atoms. The van der Waals surface area contributed by atoms with Crippen molar-refractivity contribution in [2.24, 2.45) is 4.99 Å². The van der Waals surface area contributed by atoms with Gasteiger partial charge in [-0.2, -0.15) is 0 Å². The summed E-state index contributed by atoms with van der Waals surface area (Å²) >= 11 is 0. The maximum absolute atomic E-state index is 5.92. The molecule has 1 saturated heterocycles. The molecular formula is C23H39IN4O2. The van der Waals surface area contributed by atoms with Gasteiger partial charge in [0.1, 0.15) is 17.6 Å². The van der Waals surface area contributed by atoms with Crippen LogP contribution in [0.1, 0.15) is 57.6 Å². The number of nitrogens with one attached hydrogen (secondary N) is 2. The van der Waals surface area contributed by atoms with Crippen LogP contribution in [0.15, 0.2) is 17.1 Å². The number of rotatable bonds is 8. The lowest BCUT2D eigenvalue weighted by Crippen LogP contribution is -2.48. The second-order valence-corrected chi connectivity index (χ2v) is 8.21. The minimum Gasteiger partial charge on any atom is -0.496 e. The minimum atomic E-state index is 0. The fourth-order valence-corrected chi connectivity index (χ4v) is 4.16. The smallest absolute Gasteiger partial charge is 0.191 e. The number of unbranched alkanes of at least 4 members (excludes halogenated alkanes) is 1. The van der Waals surface area contributed by atoms with Crippen molar-refractivity contribution < 1.29 is 9.47 Å². The molecule has 1 aromatic rings. The number of hydrogen-bond donors (Lipinski definition) is 2. The van der Waals surface area contributed by atoms with Crippen LogP contribution in [-0.4, -0.2) is 56.3 Å². The fraction of sp³-hybridized carbons (Fsp3) is 0.696. The van der Waals surface area contributed by atoms with E-state index < -0.39 is 0 Å². The van der Waals surface area contributed by atoms with Crippen LogP contribution in [0.25, 0.3) is 0 Å². The highest BCUT2D eigenvalue weighted by molar-refractivity contribution is 14.0. The maximum atomic E-state index is 5.92. The van der Waals surface area contributed by atoms with Crippen LogP contribution >= 0.6 is 24.0 Å². The van der Waals surface area contributed by atoms with Gasteiger partial charge in [0.05, 0.1) is 13.7 Å². The zero-order valence-electron chi connectivity index (χ0n) is 19.0. The van der Waals surface area contributed by atoms with Gasteiger partial charge in [-0.15, -0.1) is 24.0 Å². The van der Waals surface area contributed by atoms with E-state index in [2.05, 4.69) is 48.4 Å². The molecule has 0 bridgehead atoms. The molecule has 1 fully saturated rings. The molecule has 0 radical (unpaired) electrons. The normalized spacial score (nSPS) is 19.6. The topological polar surface area (TPSA) is 58.1 Å². The first-order valence-corrected chi connectivity index (χ1v) is 11.3. The lowest BCUT2D eigenvalue weighted by molar-refractivity contribution is 0.203. The van der Waals surface area contributed by atoms with Gasteiger partial charge < -0.3 is 25.0 Å². The van der Waals surface area contributed by atoms with Gasteiger partial charge >= 0.3 is 0 Å². The SMILES string of the molecule is CCCCN1CCC(NC(=NCc2cc3c(cc2OC)CC(C)O3)NCC)CC1.I. The first-order chi connectivity index (χ1) is 14.1. The lowest BCUT2D eigenvalue weighted by Gasteiger charge is -2.33. The molecule has 30 heavy (non-hydrogen) atoms. The van der Waals surface area contributed by atoms with Gasteiger partial charge in [-0.25, -0.2) is 4.99 Å². The molecule has 0 saturated carbocycles. The Hall–Kier alpha value is -1.22. The zero-order valence-corrected chi connectivity index (χ0v) is 21.3. The van der Waals surface area contributed by atoms with Crippen LogP contribution in [-0.2, 0) is 13.0 Å². The molecule has 0 aromatic heterocycles. The molecule has 0 amide bonds. The van der Waals surface area contributed by atoms with E-state index in [0.717, 1.165) is 36.0 Å². The molecule has 1 aromatic carbocycles. The Morgan fingerprint density at radius 1 is 1.27 bits per heavy atom. The summed E-state index contributed by atoms with van der Waals surface area (Å²) in [7, 11) is 1.73. The van der Waals surface area contributed by atoms with Crippen molar-refractivity contribution in [3.63, 3.8) is 0 Å². The average molecular weight is 530 g/mol. The third-order valence-corrected chi connectivity index (χ3v) is 5.81. The van der Waals surface area contributed by atoms with Crippen LogP contribution in [0.4, 0.5) is 0 Å². The summed E-state index contributed by atoms with van der Waals surface area (Å²) in [6, 6.07) is 4.68. The number of fused-ring (bicyclic) bond motifs is 1. The molecule has 2 N–H and O–H groups in total. The number of aliphatic imine (C=N–C) groups is 1. The Morgan fingerprint density at radius 3 is 2.70 bits per heavy atom. The van der Waals surface area contributed by atoms with Gasteiger partial charge in [-0.3, -0.25) is 0 Å². The summed E-state index contributed by atoms with van der Waals surface area (Å²) in [6.45, 7) is 11.5. The molecule has 2 heterocycles. The molecule has 2 aliphatic rings. The lowest BCUT2D eigenvalue weighted by atomic mass is 10.0. The van der Waals surface area contributed by atoms with E-state index in [1.54, 1.807) is 7.11 Å². The van der Waals surface area contributed by atoms with Crippen LogP contribution in [0.2, 0.25) is 0 Å². The van der Waals surface area contributed by atoms with Crippen molar-refractivity contribution in [1.82, 2.24) is 15.5 Å². The summed E-state index contributed by atoms with van der Waals surface area (Å²) in [5.74, 6) is 2.75. The number of halogens is 1. The Labute approximate surface area is 199 Å². The number of ether oxygens (including phenoxy) is 2. The van der Waals surface area contributed by atoms with Crippen molar-refractivity contribution in [1.29, 1.82) is 0 Å². The predicted molar refractivity (Wildman–Crippen MR) is 135 cm³/mol. The van der Waals surface area contributed by atoms with Gasteiger partial charge in [-0.1, -0.05) is 13.3 Å². The molecule has 6 nitrogen and oxygen atoms in total. The number of nitrogens with zero attached hydrogens (tertiary/aromatic N) is 2. The monoisotopic (exact) mass is 530 g/mol. The fourth-order valence-electron chi connectivity index (χ4n) is 4.16.